The van der Waals surface area contributed by atoms with Crippen LogP contribution < -0.4 is 20.1 Å². The Bertz CT molecular complexity index is 1480. The number of carbonyl (C=O) groups excluding carboxylic acids is 4. The number of hydrogen-bond donors (Lipinski definition) is 2. The van der Waals surface area contributed by atoms with Gasteiger partial charge in [0.2, 0.25) is 5.76 Å². The Morgan fingerprint density at radius 2 is 1.88 bits per heavy atom. The second kappa shape index (κ2) is 12.5. The molecule has 0 atom stereocenters. The number of amides is 4. The molecule has 11 heteroatoms. The van der Waals surface area contributed by atoms with E-state index >= 15 is 0 Å². The first-order valence-corrected chi connectivity index (χ1v) is 12.1. The molecule has 1 saturated heterocycles. The summed E-state index contributed by atoms with van der Waals surface area (Å²) >= 11 is 0. The van der Waals surface area contributed by atoms with Gasteiger partial charge in [-0.15, -0.1) is 6.58 Å². The zero-order chi connectivity index (χ0) is 28.6. The lowest BCUT2D eigenvalue weighted by Gasteiger charge is -2.16. The predicted octanol–water partition coefficient (Wildman–Crippen LogP) is 3.91. The highest BCUT2D eigenvalue weighted by Crippen LogP contribution is 2.34. The molecule has 3 aromatic rings. The molecule has 2 aromatic carbocycles. The van der Waals surface area contributed by atoms with Crippen molar-refractivity contribution in [1.29, 1.82) is 0 Å². The first-order chi connectivity index (χ1) is 19.3. The summed E-state index contributed by atoms with van der Waals surface area (Å²) in [5.41, 5.74) is 1.89. The number of nitrogens with zero attached hydrogens (tertiary/aromatic N) is 1. The fourth-order valence-corrected chi connectivity index (χ4v) is 3.96. The third-order valence-corrected chi connectivity index (χ3v) is 5.78. The summed E-state index contributed by atoms with van der Waals surface area (Å²) in [7, 11) is 2.67. The van der Waals surface area contributed by atoms with Crippen molar-refractivity contribution in [2.75, 3.05) is 26.1 Å². The van der Waals surface area contributed by atoms with E-state index < -0.39 is 17.9 Å². The molecule has 0 aliphatic carbocycles. The van der Waals surface area contributed by atoms with Crippen LogP contribution in [0.2, 0.25) is 0 Å². The van der Waals surface area contributed by atoms with Crippen molar-refractivity contribution < 1.29 is 37.8 Å². The minimum Gasteiger partial charge on any atom is -0.493 e. The number of para-hydroxylation sites is 1. The molecule has 1 aromatic heterocycles. The van der Waals surface area contributed by atoms with E-state index in [4.69, 9.17) is 13.9 Å². The van der Waals surface area contributed by atoms with Gasteiger partial charge in [-0.3, -0.25) is 14.5 Å². The third kappa shape index (κ3) is 6.38. The van der Waals surface area contributed by atoms with Crippen LogP contribution in [-0.4, -0.2) is 49.5 Å². The quantitative estimate of drug-likeness (QED) is 0.160. The molecule has 0 saturated carbocycles. The van der Waals surface area contributed by atoms with Crippen LogP contribution in [0.3, 0.4) is 0 Å². The Morgan fingerprint density at radius 3 is 2.58 bits per heavy atom. The van der Waals surface area contributed by atoms with Crippen molar-refractivity contribution in [3.63, 3.8) is 0 Å². The summed E-state index contributed by atoms with van der Waals surface area (Å²) in [6, 6.07) is 14.6. The fourth-order valence-electron chi connectivity index (χ4n) is 3.96. The minimum absolute atomic E-state index is 0.0345. The van der Waals surface area contributed by atoms with Gasteiger partial charge in [-0.25, -0.2) is 9.59 Å². The Morgan fingerprint density at radius 1 is 1.10 bits per heavy atom. The Hall–Kier alpha value is -5.32. The molecule has 4 rings (SSSR count). The number of imide groups is 1. The molecule has 1 fully saturated rings. The highest BCUT2D eigenvalue weighted by atomic mass is 16.5. The number of urea groups is 1. The van der Waals surface area contributed by atoms with Crippen LogP contribution in [0.5, 0.6) is 11.5 Å². The van der Waals surface area contributed by atoms with Gasteiger partial charge in [0.25, 0.3) is 11.8 Å². The van der Waals surface area contributed by atoms with Gasteiger partial charge < -0.3 is 29.3 Å². The second-order valence-corrected chi connectivity index (χ2v) is 8.54. The number of methoxy groups -OCH3 is 2. The first-order valence-electron chi connectivity index (χ1n) is 12.1. The van der Waals surface area contributed by atoms with Gasteiger partial charge in [0, 0.05) is 11.3 Å². The van der Waals surface area contributed by atoms with Gasteiger partial charge in [0.1, 0.15) is 11.5 Å². The van der Waals surface area contributed by atoms with Gasteiger partial charge in [-0.1, -0.05) is 24.3 Å². The standard InChI is InChI=1S/C29H27N3O8/c1-4-8-19-13-18(15-24(37-2)26(19)39-17-25(33)30-20-9-6-5-7-10-20)14-22-27(34)32(29(36)31-22)16-21-11-12-23(40-21)28(35)38-3/h4-7,9-15H,1,8,16-17H2,2-3H3,(H,30,33)(H,31,36)/b22-14-. The Labute approximate surface area is 230 Å². The smallest absolute Gasteiger partial charge is 0.373 e. The largest absolute Gasteiger partial charge is 0.493 e. The molecule has 0 unspecified atom stereocenters. The van der Waals surface area contributed by atoms with Crippen LogP contribution in [0, 0.1) is 0 Å². The summed E-state index contributed by atoms with van der Waals surface area (Å²) in [6.45, 7) is 3.34. The maximum atomic E-state index is 13.0. The minimum atomic E-state index is -0.669. The number of esters is 1. The topological polar surface area (TPSA) is 136 Å². The van der Waals surface area contributed by atoms with Gasteiger partial charge >= 0.3 is 12.0 Å². The Kier molecular flexibility index (Phi) is 8.65. The summed E-state index contributed by atoms with van der Waals surface area (Å²) < 4.78 is 21.3. The molecule has 11 nitrogen and oxygen atoms in total. The number of carbonyl (C=O) groups is 4. The van der Waals surface area contributed by atoms with Crippen molar-refractivity contribution in [1.82, 2.24) is 10.2 Å². The lowest BCUT2D eigenvalue weighted by molar-refractivity contribution is -0.123. The van der Waals surface area contributed by atoms with Crippen LogP contribution in [0.1, 0.15) is 27.4 Å². The van der Waals surface area contributed by atoms with Crippen molar-refractivity contribution >= 4 is 35.6 Å². The third-order valence-electron chi connectivity index (χ3n) is 5.78. The lowest BCUT2D eigenvalue weighted by Crippen LogP contribution is -2.30. The van der Waals surface area contributed by atoms with Crippen molar-refractivity contribution in [3.05, 3.63) is 95.6 Å². The van der Waals surface area contributed by atoms with E-state index in [0.29, 0.717) is 34.7 Å². The van der Waals surface area contributed by atoms with E-state index in [2.05, 4.69) is 21.9 Å². The van der Waals surface area contributed by atoms with Crippen LogP contribution in [-0.2, 0) is 27.3 Å². The summed E-state index contributed by atoms with van der Waals surface area (Å²) in [6.07, 6.45) is 3.55. The summed E-state index contributed by atoms with van der Waals surface area (Å²) in [5.74, 6) is -0.715. The molecule has 1 aliphatic heterocycles. The summed E-state index contributed by atoms with van der Waals surface area (Å²) in [4.78, 5) is 50.5. The van der Waals surface area contributed by atoms with E-state index in [-0.39, 0.29) is 36.3 Å². The van der Waals surface area contributed by atoms with Crippen molar-refractivity contribution in [3.8, 4) is 11.5 Å². The number of nitrogens with one attached hydrogen (secondary N) is 2. The Balaban J connectivity index is 1.51. The molecule has 4 amide bonds. The average molecular weight is 546 g/mol. The fraction of sp³-hybridized carbons (Fsp3) is 0.172. The molecule has 0 radical (unpaired) electrons. The number of rotatable bonds is 11. The molecular formula is C29H27N3O8. The zero-order valence-electron chi connectivity index (χ0n) is 21.9. The van der Waals surface area contributed by atoms with E-state index in [1.165, 1.54) is 32.4 Å². The number of hydrogen-bond acceptors (Lipinski definition) is 8. The van der Waals surface area contributed by atoms with Crippen molar-refractivity contribution in [2.24, 2.45) is 0 Å². The van der Waals surface area contributed by atoms with E-state index in [9.17, 15) is 19.2 Å². The van der Waals surface area contributed by atoms with Gasteiger partial charge in [-0.05, 0) is 54.5 Å². The molecular weight excluding hydrogens is 518 g/mol. The summed E-state index contributed by atoms with van der Waals surface area (Å²) in [5, 5.41) is 5.30. The van der Waals surface area contributed by atoms with Crippen LogP contribution >= 0.6 is 0 Å². The average Bonchev–Trinajstić information content (AvgIpc) is 3.52. The predicted molar refractivity (Wildman–Crippen MR) is 145 cm³/mol. The molecule has 206 valence electrons. The number of furan rings is 1. The maximum Gasteiger partial charge on any atom is 0.373 e. The molecule has 2 heterocycles. The number of anilines is 1. The SMILES string of the molecule is C=CCc1cc(/C=C2\NC(=O)N(Cc3ccc(C(=O)OC)o3)C2=O)cc(OC)c1OCC(=O)Nc1ccccc1. The van der Waals surface area contributed by atoms with Crippen LogP contribution in [0.25, 0.3) is 6.08 Å². The molecule has 0 spiro atoms. The first kappa shape index (κ1) is 27.7. The van der Waals surface area contributed by atoms with Crippen LogP contribution in [0.4, 0.5) is 10.5 Å². The number of benzene rings is 2. The second-order valence-electron chi connectivity index (χ2n) is 8.54. The van der Waals surface area contributed by atoms with Gasteiger partial charge in [0.05, 0.1) is 20.8 Å². The molecule has 40 heavy (non-hydrogen) atoms. The monoisotopic (exact) mass is 545 g/mol. The van der Waals surface area contributed by atoms with Crippen molar-refractivity contribution in [2.45, 2.75) is 13.0 Å². The molecule has 1 aliphatic rings. The molecule has 0 bridgehead atoms. The zero-order valence-corrected chi connectivity index (χ0v) is 21.9. The molecule has 2 N–H and O–H groups in total. The highest BCUT2D eigenvalue weighted by Gasteiger charge is 2.34. The van der Waals surface area contributed by atoms with E-state index in [1.807, 2.05) is 18.2 Å². The van der Waals surface area contributed by atoms with Gasteiger partial charge in [0.15, 0.2) is 18.1 Å². The normalized spacial score (nSPS) is 13.7. The van der Waals surface area contributed by atoms with Gasteiger partial charge in [-0.2, -0.15) is 0 Å². The van der Waals surface area contributed by atoms with E-state index in [1.54, 1.807) is 30.3 Å². The number of ether oxygens (including phenoxy) is 3. The maximum absolute atomic E-state index is 13.0. The number of allylic oxidation sites excluding steroid dienone is 1. The van der Waals surface area contributed by atoms with E-state index in [0.717, 1.165) is 4.90 Å². The van der Waals surface area contributed by atoms with Crippen LogP contribution in [0.15, 0.2) is 77.4 Å². The highest BCUT2D eigenvalue weighted by molar-refractivity contribution is 6.13. The lowest BCUT2D eigenvalue weighted by atomic mass is 10.0.